The summed E-state index contributed by atoms with van der Waals surface area (Å²) < 4.78 is 0. The largest absolute Gasteiger partial charge is 1.00 e. The molecule has 0 bridgehead atoms. The van der Waals surface area contributed by atoms with Crippen LogP contribution in [0.1, 0.15) is 82.3 Å². The minimum Gasteiger partial charge on any atom is -1.00 e. The van der Waals surface area contributed by atoms with E-state index in [2.05, 4.69) is 74.5 Å². The molecule has 0 aliphatic carbocycles. The summed E-state index contributed by atoms with van der Waals surface area (Å²) in [5.74, 6) is 0.478. The van der Waals surface area contributed by atoms with E-state index in [0.29, 0.717) is 5.92 Å². The van der Waals surface area contributed by atoms with Crippen LogP contribution < -0.4 is 29.7 Å². The first-order chi connectivity index (χ1) is 12.2. The van der Waals surface area contributed by atoms with Crippen molar-refractivity contribution in [1.29, 1.82) is 0 Å². The van der Waals surface area contributed by atoms with Crippen LogP contribution in [0, 0.1) is 0 Å². The van der Waals surface area contributed by atoms with Gasteiger partial charge < -0.3 is 29.7 Å². The Morgan fingerprint density at radius 3 is 1.54 bits per heavy atom. The van der Waals surface area contributed by atoms with Crippen molar-refractivity contribution in [2.45, 2.75) is 76.7 Å². The fraction of sp³-hybridized carbons (Fsp3) is 0.500. The van der Waals surface area contributed by atoms with E-state index in [0.717, 1.165) is 0 Å². The lowest BCUT2D eigenvalue weighted by Gasteiger charge is -2.28. The average molecular weight is 465 g/mol. The lowest BCUT2D eigenvalue weighted by atomic mass is 9.79. The summed E-state index contributed by atoms with van der Waals surface area (Å²) in [5, 5.41) is 0. The van der Waals surface area contributed by atoms with Crippen LogP contribution in [0.25, 0.3) is 0 Å². The second-order valence-corrected chi connectivity index (χ2v) is 7.62. The van der Waals surface area contributed by atoms with E-state index >= 15 is 0 Å². The zero-order chi connectivity index (χ0) is 18.0. The van der Waals surface area contributed by atoms with E-state index < -0.39 is 0 Å². The minimum absolute atomic E-state index is 0. The number of rotatable bonds is 11. The predicted octanol–water partition coefficient (Wildman–Crippen LogP) is 2.96. The van der Waals surface area contributed by atoms with E-state index in [9.17, 15) is 0 Å². The molecule has 2 aromatic carbocycles. The molecular formula is C24H36IN. The maximum absolute atomic E-state index is 4.70. The van der Waals surface area contributed by atoms with Gasteiger partial charge in [-0.2, -0.15) is 0 Å². The van der Waals surface area contributed by atoms with Gasteiger partial charge in [0.05, 0.1) is 5.54 Å². The second kappa shape index (κ2) is 12.5. The number of benzene rings is 2. The smallest absolute Gasteiger partial charge is 0.0946 e. The molecule has 0 amide bonds. The average Bonchev–Trinajstić information content (AvgIpc) is 2.67. The summed E-state index contributed by atoms with van der Waals surface area (Å²) in [4.78, 5) is 0. The van der Waals surface area contributed by atoms with Crippen LogP contribution in [0.4, 0.5) is 0 Å². The molecule has 0 aliphatic rings. The Balaban J connectivity index is 0.00000338. The van der Waals surface area contributed by atoms with Crippen LogP contribution in [0.2, 0.25) is 0 Å². The number of halogens is 1. The van der Waals surface area contributed by atoms with Gasteiger partial charge in [-0.1, -0.05) is 87.4 Å². The van der Waals surface area contributed by atoms with Gasteiger partial charge >= 0.3 is 0 Å². The molecule has 1 nitrogen and oxygen atoms in total. The van der Waals surface area contributed by atoms with Crippen molar-refractivity contribution in [3.63, 3.8) is 0 Å². The minimum atomic E-state index is 0. The molecule has 0 fully saturated rings. The van der Waals surface area contributed by atoms with Gasteiger partial charge in [0.2, 0.25) is 0 Å². The maximum Gasteiger partial charge on any atom is 0.0946 e. The van der Waals surface area contributed by atoms with E-state index in [-0.39, 0.29) is 29.5 Å². The first-order valence-electron chi connectivity index (χ1n) is 10.1. The number of hydrogen-bond acceptors (Lipinski definition) is 0. The Kier molecular flexibility index (Phi) is 11.1. The Labute approximate surface area is 177 Å². The fourth-order valence-corrected chi connectivity index (χ4v) is 3.83. The number of quaternary nitrogens is 1. The topological polar surface area (TPSA) is 27.6 Å². The molecule has 2 rings (SSSR count). The van der Waals surface area contributed by atoms with Gasteiger partial charge in [0.1, 0.15) is 0 Å². The van der Waals surface area contributed by atoms with Crippen LogP contribution in [-0.4, -0.2) is 5.54 Å². The highest BCUT2D eigenvalue weighted by Gasteiger charge is 2.29. The second-order valence-electron chi connectivity index (χ2n) is 7.62. The molecule has 0 radical (unpaired) electrons. The zero-order valence-electron chi connectivity index (χ0n) is 16.6. The van der Waals surface area contributed by atoms with E-state index in [1.165, 1.54) is 62.5 Å². The molecular weight excluding hydrogens is 429 g/mol. The molecule has 0 aromatic heterocycles. The van der Waals surface area contributed by atoms with Crippen molar-refractivity contribution in [2.24, 2.45) is 0 Å². The van der Waals surface area contributed by atoms with Crippen LogP contribution in [-0.2, 0) is 0 Å². The Morgan fingerprint density at radius 2 is 1.15 bits per heavy atom. The lowest BCUT2D eigenvalue weighted by molar-refractivity contribution is -0.484. The third kappa shape index (κ3) is 7.40. The Morgan fingerprint density at radius 1 is 0.731 bits per heavy atom. The summed E-state index contributed by atoms with van der Waals surface area (Å²) in [6.45, 7) is 4.58. The quantitative estimate of drug-likeness (QED) is 0.495. The van der Waals surface area contributed by atoms with Gasteiger partial charge in [0, 0.05) is 25.2 Å². The van der Waals surface area contributed by atoms with Crippen LogP contribution in [0.15, 0.2) is 60.7 Å². The Hall–Kier alpha value is -0.870. The first kappa shape index (κ1) is 23.2. The SMILES string of the molecule is CCCCC([NH3+])(CCCC)CCC(c1ccccc1)c1ccccc1.[I-]. The molecule has 2 aromatic rings. The molecule has 3 N–H and O–H groups in total. The van der Waals surface area contributed by atoms with Crippen molar-refractivity contribution in [1.82, 2.24) is 0 Å². The van der Waals surface area contributed by atoms with Crippen molar-refractivity contribution in [2.75, 3.05) is 0 Å². The summed E-state index contributed by atoms with van der Waals surface area (Å²) in [5.41, 5.74) is 7.81. The van der Waals surface area contributed by atoms with Crippen molar-refractivity contribution >= 4 is 0 Å². The van der Waals surface area contributed by atoms with Crippen molar-refractivity contribution < 1.29 is 29.7 Å². The molecule has 0 saturated heterocycles. The molecule has 0 saturated carbocycles. The standard InChI is InChI=1S/C24H35N.HI/c1-3-5-18-24(25,19-6-4-2)20-17-23(21-13-9-7-10-14-21)22-15-11-8-12-16-22;/h7-16,23H,3-6,17-20,25H2,1-2H3;1H. The van der Waals surface area contributed by atoms with Crippen molar-refractivity contribution in [3.05, 3.63) is 71.8 Å². The lowest BCUT2D eigenvalue weighted by Crippen LogP contribution is -3.00. The Bertz CT molecular complexity index is 534. The molecule has 0 atom stereocenters. The summed E-state index contributed by atoms with van der Waals surface area (Å²) in [6.07, 6.45) is 10.1. The highest BCUT2D eigenvalue weighted by molar-refractivity contribution is 5.32. The normalized spacial score (nSPS) is 11.4. The van der Waals surface area contributed by atoms with Crippen LogP contribution in [0.5, 0.6) is 0 Å². The maximum atomic E-state index is 4.70. The van der Waals surface area contributed by atoms with E-state index in [1.807, 2.05) is 0 Å². The number of hydrogen-bond donors (Lipinski definition) is 1. The van der Waals surface area contributed by atoms with Gasteiger partial charge in [-0.3, -0.25) is 0 Å². The summed E-state index contributed by atoms with van der Waals surface area (Å²) >= 11 is 0. The summed E-state index contributed by atoms with van der Waals surface area (Å²) in [7, 11) is 0. The van der Waals surface area contributed by atoms with Gasteiger partial charge in [0.25, 0.3) is 0 Å². The molecule has 0 heterocycles. The molecule has 26 heavy (non-hydrogen) atoms. The first-order valence-corrected chi connectivity index (χ1v) is 10.1. The molecule has 144 valence electrons. The summed E-state index contributed by atoms with van der Waals surface area (Å²) in [6, 6.07) is 22.0. The zero-order valence-corrected chi connectivity index (χ0v) is 18.8. The molecule has 0 aliphatic heterocycles. The van der Waals surface area contributed by atoms with E-state index in [1.54, 1.807) is 0 Å². The molecule has 0 spiro atoms. The predicted molar refractivity (Wildman–Crippen MR) is 109 cm³/mol. The molecule has 2 heteroatoms. The van der Waals surface area contributed by atoms with Crippen molar-refractivity contribution in [3.8, 4) is 0 Å². The van der Waals surface area contributed by atoms with Gasteiger partial charge in [-0.05, 0) is 30.4 Å². The van der Waals surface area contributed by atoms with Gasteiger partial charge in [-0.25, -0.2) is 0 Å². The third-order valence-corrected chi connectivity index (χ3v) is 5.49. The fourth-order valence-electron chi connectivity index (χ4n) is 3.83. The third-order valence-electron chi connectivity index (χ3n) is 5.49. The van der Waals surface area contributed by atoms with Gasteiger partial charge in [-0.15, -0.1) is 0 Å². The van der Waals surface area contributed by atoms with E-state index in [4.69, 9.17) is 5.73 Å². The number of unbranched alkanes of at least 4 members (excludes halogenated alkanes) is 2. The van der Waals surface area contributed by atoms with Crippen LogP contribution >= 0.6 is 0 Å². The highest BCUT2D eigenvalue weighted by Crippen LogP contribution is 2.33. The monoisotopic (exact) mass is 465 g/mol. The van der Waals surface area contributed by atoms with Crippen LogP contribution in [0.3, 0.4) is 0 Å². The molecule has 0 unspecified atom stereocenters. The highest BCUT2D eigenvalue weighted by atomic mass is 127. The van der Waals surface area contributed by atoms with Gasteiger partial charge in [0.15, 0.2) is 0 Å².